The Kier molecular flexibility index (Phi) is 6.10. The lowest BCUT2D eigenvalue weighted by Gasteiger charge is -2.09. The van der Waals surface area contributed by atoms with Gasteiger partial charge in [0, 0.05) is 3.57 Å². The van der Waals surface area contributed by atoms with Crippen LogP contribution in [0.15, 0.2) is 47.6 Å². The topological polar surface area (TPSA) is 42.8 Å². The predicted octanol–water partition coefficient (Wildman–Crippen LogP) is 3.76. The zero-order chi connectivity index (χ0) is 15.8. The number of terminal acetylenes is 1. The first-order chi connectivity index (χ1) is 10.7. The number of hydrazone groups is 1. The summed E-state index contributed by atoms with van der Waals surface area (Å²) in [4.78, 5) is 0. The summed E-state index contributed by atoms with van der Waals surface area (Å²) in [5.74, 6) is 3.66. The Labute approximate surface area is 143 Å². The van der Waals surface area contributed by atoms with Gasteiger partial charge < -0.3 is 9.47 Å². The number of nitrogens with one attached hydrogen (secondary N) is 1. The van der Waals surface area contributed by atoms with Gasteiger partial charge >= 0.3 is 0 Å². The maximum Gasteiger partial charge on any atom is 0.162 e. The molecule has 2 aromatic rings. The summed E-state index contributed by atoms with van der Waals surface area (Å²) in [6.45, 7) is 0.206. The Balaban J connectivity index is 2.08. The molecule has 0 spiro atoms. The number of nitrogens with zero attached hydrogens (tertiary/aromatic N) is 1. The number of anilines is 1. The lowest BCUT2D eigenvalue weighted by molar-refractivity contribution is 0.331. The van der Waals surface area contributed by atoms with Gasteiger partial charge in [-0.25, -0.2) is 0 Å². The minimum absolute atomic E-state index is 0.206. The van der Waals surface area contributed by atoms with E-state index in [0.29, 0.717) is 11.5 Å². The van der Waals surface area contributed by atoms with E-state index in [2.05, 4.69) is 39.0 Å². The summed E-state index contributed by atoms with van der Waals surface area (Å²) in [5, 5.41) is 4.23. The van der Waals surface area contributed by atoms with E-state index in [9.17, 15) is 0 Å². The maximum atomic E-state index is 5.40. The normalized spacial score (nSPS) is 10.2. The maximum absolute atomic E-state index is 5.40. The van der Waals surface area contributed by atoms with Crippen LogP contribution in [0.25, 0.3) is 0 Å². The molecule has 0 atom stereocenters. The first-order valence-corrected chi connectivity index (χ1v) is 7.60. The quantitative estimate of drug-likeness (QED) is 0.344. The van der Waals surface area contributed by atoms with E-state index in [4.69, 9.17) is 15.9 Å². The number of methoxy groups -OCH3 is 1. The van der Waals surface area contributed by atoms with Crippen molar-refractivity contribution in [2.75, 3.05) is 19.1 Å². The third kappa shape index (κ3) is 4.40. The molecule has 0 fully saturated rings. The molecule has 2 rings (SSSR count). The largest absolute Gasteiger partial charge is 0.493 e. The van der Waals surface area contributed by atoms with E-state index in [1.54, 1.807) is 13.3 Å². The van der Waals surface area contributed by atoms with Gasteiger partial charge in [0.1, 0.15) is 6.61 Å². The van der Waals surface area contributed by atoms with E-state index in [1.807, 2.05) is 42.5 Å². The van der Waals surface area contributed by atoms with Crippen LogP contribution in [0.4, 0.5) is 5.69 Å². The molecule has 112 valence electrons. The second-order valence-corrected chi connectivity index (χ2v) is 5.42. The van der Waals surface area contributed by atoms with Crippen molar-refractivity contribution in [2.45, 2.75) is 0 Å². The molecule has 0 unspecified atom stereocenters. The number of ether oxygens (including phenoxy) is 2. The number of benzene rings is 2. The highest BCUT2D eigenvalue weighted by Gasteiger charge is 2.04. The number of rotatable bonds is 6. The average molecular weight is 406 g/mol. The molecule has 0 radical (unpaired) electrons. The molecule has 0 heterocycles. The summed E-state index contributed by atoms with van der Waals surface area (Å²) < 4.78 is 11.8. The zero-order valence-electron chi connectivity index (χ0n) is 12.0. The summed E-state index contributed by atoms with van der Waals surface area (Å²) in [7, 11) is 1.59. The van der Waals surface area contributed by atoms with Crippen LogP contribution < -0.4 is 14.9 Å². The molecule has 0 bridgehead atoms. The second kappa shape index (κ2) is 8.29. The summed E-state index contributed by atoms with van der Waals surface area (Å²) in [5.41, 5.74) is 4.86. The van der Waals surface area contributed by atoms with Crippen LogP contribution in [0.5, 0.6) is 11.5 Å². The van der Waals surface area contributed by atoms with Crippen LogP contribution in [0, 0.1) is 15.9 Å². The molecular weight excluding hydrogens is 391 g/mol. The van der Waals surface area contributed by atoms with Crippen LogP contribution in [0.3, 0.4) is 0 Å². The molecule has 1 N–H and O–H groups in total. The van der Waals surface area contributed by atoms with Crippen LogP contribution in [0.1, 0.15) is 5.56 Å². The van der Waals surface area contributed by atoms with E-state index < -0.39 is 0 Å². The smallest absolute Gasteiger partial charge is 0.162 e. The summed E-state index contributed by atoms with van der Waals surface area (Å²) in [6.07, 6.45) is 6.90. The van der Waals surface area contributed by atoms with Crippen molar-refractivity contribution < 1.29 is 9.47 Å². The number of hydrogen-bond acceptors (Lipinski definition) is 4. The molecule has 4 nitrogen and oxygen atoms in total. The van der Waals surface area contributed by atoms with Crippen LogP contribution in [-0.4, -0.2) is 19.9 Å². The Bertz CT molecular complexity index is 708. The van der Waals surface area contributed by atoms with Gasteiger partial charge in [0.15, 0.2) is 11.5 Å². The molecule has 5 heteroatoms. The fourth-order valence-corrected chi connectivity index (χ4v) is 2.24. The molecule has 0 amide bonds. The molecular formula is C17H15IN2O2. The molecule has 0 aliphatic rings. The van der Waals surface area contributed by atoms with Gasteiger partial charge in [-0.15, -0.1) is 6.42 Å². The van der Waals surface area contributed by atoms with Gasteiger partial charge in [0.05, 0.1) is 19.0 Å². The van der Waals surface area contributed by atoms with E-state index in [0.717, 1.165) is 14.8 Å². The zero-order valence-corrected chi connectivity index (χ0v) is 14.2. The van der Waals surface area contributed by atoms with Crippen molar-refractivity contribution >= 4 is 34.5 Å². The van der Waals surface area contributed by atoms with E-state index in [-0.39, 0.29) is 6.61 Å². The third-order valence-corrected chi connectivity index (χ3v) is 3.71. The number of halogens is 1. The highest BCUT2D eigenvalue weighted by molar-refractivity contribution is 14.1. The van der Waals surface area contributed by atoms with Crippen molar-refractivity contribution in [1.29, 1.82) is 0 Å². The van der Waals surface area contributed by atoms with Crippen molar-refractivity contribution in [3.8, 4) is 23.8 Å². The van der Waals surface area contributed by atoms with Gasteiger partial charge in [-0.3, -0.25) is 5.43 Å². The Hall–Kier alpha value is -2.20. The van der Waals surface area contributed by atoms with Crippen molar-refractivity contribution in [1.82, 2.24) is 0 Å². The van der Waals surface area contributed by atoms with Crippen LogP contribution >= 0.6 is 22.6 Å². The Morgan fingerprint density at radius 2 is 2.09 bits per heavy atom. The first-order valence-electron chi connectivity index (χ1n) is 6.52. The van der Waals surface area contributed by atoms with Crippen LogP contribution in [-0.2, 0) is 0 Å². The van der Waals surface area contributed by atoms with Gasteiger partial charge in [0.25, 0.3) is 0 Å². The van der Waals surface area contributed by atoms with Gasteiger partial charge in [-0.2, -0.15) is 5.10 Å². The fourth-order valence-electron chi connectivity index (χ4n) is 1.73. The van der Waals surface area contributed by atoms with Crippen molar-refractivity contribution in [3.63, 3.8) is 0 Å². The lowest BCUT2D eigenvalue weighted by Crippen LogP contribution is -1.98. The molecule has 22 heavy (non-hydrogen) atoms. The monoisotopic (exact) mass is 406 g/mol. The SMILES string of the molecule is C#CCOc1ccc(C=NNc2ccccc2I)cc1OC. The molecule has 0 saturated carbocycles. The molecule has 0 aliphatic heterocycles. The van der Waals surface area contributed by atoms with E-state index in [1.165, 1.54) is 0 Å². The first kappa shape index (κ1) is 16.2. The molecule has 0 aliphatic carbocycles. The standard InChI is InChI=1S/C17H15IN2O2/c1-3-10-22-16-9-8-13(11-17(16)21-2)12-19-20-15-7-5-4-6-14(15)18/h1,4-9,11-12,20H,10H2,2H3. The van der Waals surface area contributed by atoms with Gasteiger partial charge in [0.2, 0.25) is 0 Å². The summed E-state index contributed by atoms with van der Waals surface area (Å²) >= 11 is 2.25. The van der Waals surface area contributed by atoms with Crippen LogP contribution in [0.2, 0.25) is 0 Å². The summed E-state index contributed by atoms with van der Waals surface area (Å²) in [6, 6.07) is 13.5. The minimum atomic E-state index is 0.206. The minimum Gasteiger partial charge on any atom is -0.493 e. The third-order valence-electron chi connectivity index (χ3n) is 2.77. The highest BCUT2D eigenvalue weighted by atomic mass is 127. The van der Waals surface area contributed by atoms with Gasteiger partial charge in [-0.05, 0) is 58.5 Å². The van der Waals surface area contributed by atoms with Crippen molar-refractivity contribution in [2.24, 2.45) is 5.10 Å². The predicted molar refractivity (Wildman–Crippen MR) is 97.7 cm³/mol. The number of para-hydroxylation sites is 1. The van der Waals surface area contributed by atoms with E-state index >= 15 is 0 Å². The Morgan fingerprint density at radius 3 is 2.82 bits per heavy atom. The second-order valence-electron chi connectivity index (χ2n) is 4.25. The molecule has 0 saturated heterocycles. The number of hydrogen-bond donors (Lipinski definition) is 1. The molecule has 0 aromatic heterocycles. The van der Waals surface area contributed by atoms with Crippen molar-refractivity contribution in [3.05, 3.63) is 51.6 Å². The average Bonchev–Trinajstić information content (AvgIpc) is 2.55. The Morgan fingerprint density at radius 1 is 1.27 bits per heavy atom. The lowest BCUT2D eigenvalue weighted by atomic mass is 10.2. The van der Waals surface area contributed by atoms with Gasteiger partial charge in [-0.1, -0.05) is 18.1 Å². The highest BCUT2D eigenvalue weighted by Crippen LogP contribution is 2.27. The molecule has 2 aromatic carbocycles. The fraction of sp³-hybridized carbons (Fsp3) is 0.118.